The molecule has 3 nitrogen and oxygen atoms in total. The zero-order valence-electron chi connectivity index (χ0n) is 10.8. The molecule has 0 atom stereocenters. The Morgan fingerprint density at radius 2 is 1.68 bits per heavy atom. The zero-order valence-corrected chi connectivity index (χ0v) is 10.8. The maximum atomic E-state index is 12.5. The van der Waals surface area contributed by atoms with E-state index in [9.17, 15) is 9.59 Å². The maximum absolute atomic E-state index is 12.5. The highest BCUT2D eigenvalue weighted by Gasteiger charge is 2.27. The molecule has 2 aromatic rings. The molecule has 94 valence electrons. The molecule has 19 heavy (non-hydrogen) atoms. The van der Waals surface area contributed by atoms with Crippen molar-refractivity contribution in [1.29, 1.82) is 0 Å². The molecular weight excluding hydrogens is 238 g/mol. The Labute approximate surface area is 111 Å². The predicted octanol–water partition coefficient (Wildman–Crippen LogP) is 3.09. The third kappa shape index (κ3) is 1.74. The third-order valence-electron chi connectivity index (χ3n) is 3.38. The first-order valence-corrected chi connectivity index (χ1v) is 6.14. The zero-order chi connectivity index (χ0) is 13.6. The number of aryl methyl sites for hydroxylation is 2. The van der Waals surface area contributed by atoms with E-state index in [-0.39, 0.29) is 11.6 Å². The predicted molar refractivity (Wildman–Crippen MR) is 73.3 cm³/mol. The lowest BCUT2D eigenvalue weighted by Gasteiger charge is -2.14. The van der Waals surface area contributed by atoms with E-state index >= 15 is 0 Å². The van der Waals surface area contributed by atoms with E-state index < -0.39 is 0 Å². The Hall–Kier alpha value is -2.42. The molecule has 0 radical (unpaired) electrons. The molecule has 1 aromatic heterocycles. The molecule has 1 aliphatic carbocycles. The van der Waals surface area contributed by atoms with E-state index in [4.69, 9.17) is 0 Å². The van der Waals surface area contributed by atoms with Crippen molar-refractivity contribution in [2.24, 2.45) is 0 Å². The fraction of sp³-hybridized carbons (Fsp3) is 0.125. The fourth-order valence-electron chi connectivity index (χ4n) is 2.51. The smallest absolute Gasteiger partial charge is 0.196 e. The van der Waals surface area contributed by atoms with Crippen molar-refractivity contribution in [3.05, 3.63) is 64.5 Å². The van der Waals surface area contributed by atoms with Gasteiger partial charge in [-0.05, 0) is 31.6 Å². The van der Waals surface area contributed by atoms with E-state index in [0.29, 0.717) is 16.7 Å². The Balaban J connectivity index is 2.18. The van der Waals surface area contributed by atoms with Crippen molar-refractivity contribution in [2.75, 3.05) is 0 Å². The quantitative estimate of drug-likeness (QED) is 0.846. The van der Waals surface area contributed by atoms with E-state index in [1.165, 1.54) is 6.08 Å². The molecule has 1 N–H and O–H groups in total. The number of allylic oxidation sites excluding steroid dienone is 2. The van der Waals surface area contributed by atoms with Crippen molar-refractivity contribution in [1.82, 2.24) is 4.98 Å². The lowest BCUT2D eigenvalue weighted by Crippen LogP contribution is -2.16. The lowest BCUT2D eigenvalue weighted by atomic mass is 9.87. The first kappa shape index (κ1) is 11.7. The molecule has 1 heterocycles. The van der Waals surface area contributed by atoms with Gasteiger partial charge in [0.2, 0.25) is 0 Å². The molecule has 0 saturated carbocycles. The van der Waals surface area contributed by atoms with Crippen molar-refractivity contribution < 1.29 is 9.59 Å². The van der Waals surface area contributed by atoms with E-state index in [2.05, 4.69) is 4.98 Å². The Kier molecular flexibility index (Phi) is 2.49. The van der Waals surface area contributed by atoms with Gasteiger partial charge in [0.1, 0.15) is 0 Å². The molecule has 0 aliphatic heterocycles. The Bertz CT molecular complexity index is 735. The summed E-state index contributed by atoms with van der Waals surface area (Å²) in [5.41, 5.74) is 4.12. The molecule has 3 heteroatoms. The average Bonchev–Trinajstić information content (AvgIpc) is 2.73. The van der Waals surface area contributed by atoms with E-state index in [0.717, 1.165) is 17.0 Å². The molecular formula is C16H13NO2. The van der Waals surface area contributed by atoms with Crippen LogP contribution in [0, 0.1) is 13.8 Å². The largest absolute Gasteiger partial charge is 0.358 e. The standard InChI is InChI=1S/C16H13NO2/c1-9-7-10(2)17-15(9)13-8-14(18)11-5-3-4-6-12(11)16(13)19/h3-8,17H,1-2H3. The first-order valence-electron chi connectivity index (χ1n) is 6.14. The minimum absolute atomic E-state index is 0.0971. The second-order valence-corrected chi connectivity index (χ2v) is 4.81. The highest BCUT2D eigenvalue weighted by atomic mass is 16.1. The van der Waals surface area contributed by atoms with Gasteiger partial charge in [-0.15, -0.1) is 0 Å². The van der Waals surface area contributed by atoms with Gasteiger partial charge in [0, 0.05) is 16.8 Å². The number of fused-ring (bicyclic) bond motifs is 1. The normalized spacial score (nSPS) is 14.3. The minimum atomic E-state index is -0.114. The topological polar surface area (TPSA) is 49.9 Å². The van der Waals surface area contributed by atoms with Gasteiger partial charge in [-0.2, -0.15) is 0 Å². The second-order valence-electron chi connectivity index (χ2n) is 4.81. The number of aromatic nitrogens is 1. The molecule has 0 bridgehead atoms. The number of ketones is 2. The van der Waals surface area contributed by atoms with Crippen LogP contribution < -0.4 is 0 Å². The van der Waals surface area contributed by atoms with Gasteiger partial charge in [-0.25, -0.2) is 0 Å². The maximum Gasteiger partial charge on any atom is 0.196 e. The molecule has 0 fully saturated rings. The summed E-state index contributed by atoms with van der Waals surface area (Å²) in [5, 5.41) is 0. The first-order chi connectivity index (χ1) is 9.08. The van der Waals surface area contributed by atoms with Crippen LogP contribution in [-0.4, -0.2) is 16.6 Å². The summed E-state index contributed by atoms with van der Waals surface area (Å²) >= 11 is 0. The van der Waals surface area contributed by atoms with Crippen molar-refractivity contribution in [3.8, 4) is 0 Å². The van der Waals surface area contributed by atoms with E-state index in [1.54, 1.807) is 24.3 Å². The van der Waals surface area contributed by atoms with Crippen LogP contribution in [0.5, 0.6) is 0 Å². The number of H-pyrrole nitrogens is 1. The summed E-state index contributed by atoms with van der Waals surface area (Å²) < 4.78 is 0. The lowest BCUT2D eigenvalue weighted by molar-refractivity contribution is 0.100. The van der Waals surface area contributed by atoms with Crippen molar-refractivity contribution in [3.63, 3.8) is 0 Å². The highest BCUT2D eigenvalue weighted by molar-refractivity contribution is 6.38. The average molecular weight is 251 g/mol. The number of aromatic amines is 1. The third-order valence-corrected chi connectivity index (χ3v) is 3.38. The van der Waals surface area contributed by atoms with Gasteiger partial charge in [-0.1, -0.05) is 24.3 Å². The number of hydrogen-bond acceptors (Lipinski definition) is 2. The molecule has 0 unspecified atom stereocenters. The Morgan fingerprint density at radius 3 is 2.32 bits per heavy atom. The minimum Gasteiger partial charge on any atom is -0.358 e. The number of carbonyl (C=O) groups excluding carboxylic acids is 2. The number of Topliss-reactive ketones (excluding diaryl/α,β-unsaturated/α-hetero) is 1. The van der Waals surface area contributed by atoms with Crippen molar-refractivity contribution >= 4 is 17.1 Å². The summed E-state index contributed by atoms with van der Waals surface area (Å²) in [7, 11) is 0. The van der Waals surface area contributed by atoms with Gasteiger partial charge in [-0.3, -0.25) is 9.59 Å². The van der Waals surface area contributed by atoms with Gasteiger partial charge >= 0.3 is 0 Å². The van der Waals surface area contributed by atoms with Crippen LogP contribution in [0.4, 0.5) is 0 Å². The summed E-state index contributed by atoms with van der Waals surface area (Å²) in [6.45, 7) is 3.86. The van der Waals surface area contributed by atoms with Gasteiger partial charge in [0.15, 0.2) is 11.6 Å². The summed E-state index contributed by atoms with van der Waals surface area (Å²) in [4.78, 5) is 27.7. The van der Waals surface area contributed by atoms with Gasteiger partial charge in [0.25, 0.3) is 0 Å². The fourth-order valence-corrected chi connectivity index (χ4v) is 2.51. The van der Waals surface area contributed by atoms with Crippen molar-refractivity contribution in [2.45, 2.75) is 13.8 Å². The second kappa shape index (κ2) is 4.05. The molecule has 1 aliphatic rings. The van der Waals surface area contributed by atoms with Crippen LogP contribution in [0.2, 0.25) is 0 Å². The molecule has 0 saturated heterocycles. The van der Waals surface area contributed by atoms with Crippen LogP contribution in [0.15, 0.2) is 36.4 Å². The molecule has 3 rings (SSSR count). The van der Waals surface area contributed by atoms with E-state index in [1.807, 2.05) is 19.9 Å². The van der Waals surface area contributed by atoms with Crippen LogP contribution in [0.1, 0.15) is 37.7 Å². The van der Waals surface area contributed by atoms with Gasteiger partial charge < -0.3 is 4.98 Å². The van der Waals surface area contributed by atoms with Crippen LogP contribution in [0.25, 0.3) is 5.57 Å². The van der Waals surface area contributed by atoms with Crippen LogP contribution in [0.3, 0.4) is 0 Å². The number of carbonyl (C=O) groups is 2. The summed E-state index contributed by atoms with van der Waals surface area (Å²) in [5.74, 6) is -0.211. The highest BCUT2D eigenvalue weighted by Crippen LogP contribution is 2.29. The SMILES string of the molecule is Cc1cc(C)c(C2=CC(=O)c3ccccc3C2=O)[nH]1. The Morgan fingerprint density at radius 1 is 1.00 bits per heavy atom. The monoisotopic (exact) mass is 251 g/mol. The summed E-state index contributed by atoms with van der Waals surface area (Å²) in [6, 6.07) is 8.91. The van der Waals surface area contributed by atoms with Crippen LogP contribution >= 0.6 is 0 Å². The molecule has 0 amide bonds. The number of nitrogens with one attached hydrogen (secondary N) is 1. The molecule has 0 spiro atoms. The van der Waals surface area contributed by atoms with Gasteiger partial charge in [0.05, 0.1) is 11.3 Å². The number of hydrogen-bond donors (Lipinski definition) is 1. The number of rotatable bonds is 1. The molecule has 1 aromatic carbocycles. The summed E-state index contributed by atoms with van der Waals surface area (Å²) in [6.07, 6.45) is 1.43. The number of benzene rings is 1. The van der Waals surface area contributed by atoms with Crippen LogP contribution in [-0.2, 0) is 0 Å².